The van der Waals surface area contributed by atoms with E-state index < -0.39 is 0 Å². The summed E-state index contributed by atoms with van der Waals surface area (Å²) in [4.78, 5) is 26.2. The minimum Gasteiger partial charge on any atom is -0.484 e. The summed E-state index contributed by atoms with van der Waals surface area (Å²) >= 11 is 1.80. The average molecular weight is 363 g/mol. The minimum absolute atomic E-state index is 0.0105. The smallest absolute Gasteiger partial charge is 0.257 e. The number of ether oxygens (including phenoxy) is 1. The molecule has 1 aromatic carbocycles. The molecule has 3 rings (SSSR count). The first kappa shape index (κ1) is 18.1. The molecule has 7 heteroatoms. The SMILES string of the molecule is Cc1ccc(OCC(=O)NC[C@@H]2CN[C@H](C(=O)N3CCSC3)C2)cc1. The third kappa shape index (κ3) is 5.12. The van der Waals surface area contributed by atoms with Gasteiger partial charge in [-0.1, -0.05) is 17.7 Å². The van der Waals surface area contributed by atoms with Crippen molar-refractivity contribution in [3.05, 3.63) is 29.8 Å². The zero-order valence-corrected chi connectivity index (χ0v) is 15.3. The highest BCUT2D eigenvalue weighted by Crippen LogP contribution is 2.20. The molecule has 2 N–H and O–H groups in total. The molecular weight excluding hydrogens is 338 g/mol. The van der Waals surface area contributed by atoms with Gasteiger partial charge in [-0.05, 0) is 31.4 Å². The summed E-state index contributed by atoms with van der Waals surface area (Å²) in [5, 5.41) is 6.19. The Bertz CT molecular complexity index is 602. The second kappa shape index (κ2) is 8.58. The molecular formula is C18H25N3O3S. The van der Waals surface area contributed by atoms with Gasteiger partial charge in [0.1, 0.15) is 5.75 Å². The molecule has 0 bridgehead atoms. The monoisotopic (exact) mass is 363 g/mol. The number of nitrogens with one attached hydrogen (secondary N) is 2. The zero-order valence-electron chi connectivity index (χ0n) is 14.5. The maximum Gasteiger partial charge on any atom is 0.257 e. The van der Waals surface area contributed by atoms with Crippen molar-refractivity contribution in [3.8, 4) is 5.75 Å². The Morgan fingerprint density at radius 2 is 2.16 bits per heavy atom. The second-order valence-electron chi connectivity index (χ2n) is 6.61. The van der Waals surface area contributed by atoms with Crippen molar-refractivity contribution in [2.24, 2.45) is 5.92 Å². The summed E-state index contributed by atoms with van der Waals surface area (Å²) in [6.45, 7) is 4.20. The van der Waals surface area contributed by atoms with Crippen LogP contribution in [0.2, 0.25) is 0 Å². The van der Waals surface area contributed by atoms with E-state index in [9.17, 15) is 9.59 Å². The fourth-order valence-corrected chi connectivity index (χ4v) is 4.01. The van der Waals surface area contributed by atoms with Crippen LogP contribution in [0.3, 0.4) is 0 Å². The van der Waals surface area contributed by atoms with E-state index in [1.165, 1.54) is 0 Å². The summed E-state index contributed by atoms with van der Waals surface area (Å²) in [5.74, 6) is 2.87. The predicted octanol–water partition coefficient (Wildman–Crippen LogP) is 1.00. The van der Waals surface area contributed by atoms with Crippen molar-refractivity contribution >= 4 is 23.6 Å². The topological polar surface area (TPSA) is 70.7 Å². The number of carbonyl (C=O) groups is 2. The summed E-state index contributed by atoms with van der Waals surface area (Å²) in [6.07, 6.45) is 0.777. The van der Waals surface area contributed by atoms with E-state index in [0.717, 1.165) is 36.7 Å². The van der Waals surface area contributed by atoms with Crippen molar-refractivity contribution in [3.63, 3.8) is 0 Å². The number of thioether (sulfide) groups is 1. The van der Waals surface area contributed by atoms with Crippen molar-refractivity contribution in [2.45, 2.75) is 19.4 Å². The van der Waals surface area contributed by atoms with Crippen LogP contribution in [0.5, 0.6) is 5.75 Å². The molecule has 0 unspecified atom stereocenters. The third-order valence-corrected chi connectivity index (χ3v) is 5.53. The molecule has 2 saturated heterocycles. The van der Waals surface area contributed by atoms with Gasteiger partial charge in [0.25, 0.3) is 5.91 Å². The van der Waals surface area contributed by atoms with Crippen LogP contribution in [0.25, 0.3) is 0 Å². The number of benzene rings is 1. The van der Waals surface area contributed by atoms with Gasteiger partial charge in [0.15, 0.2) is 6.61 Å². The predicted molar refractivity (Wildman–Crippen MR) is 98.6 cm³/mol. The molecule has 0 radical (unpaired) electrons. The molecule has 0 saturated carbocycles. The number of amides is 2. The normalized spacial score (nSPS) is 22.8. The molecule has 0 spiro atoms. The van der Waals surface area contributed by atoms with Crippen LogP contribution < -0.4 is 15.4 Å². The Kier molecular flexibility index (Phi) is 6.20. The third-order valence-electron chi connectivity index (χ3n) is 4.56. The van der Waals surface area contributed by atoms with E-state index in [4.69, 9.17) is 4.74 Å². The Morgan fingerprint density at radius 3 is 2.88 bits per heavy atom. The van der Waals surface area contributed by atoms with Crippen LogP contribution in [0.4, 0.5) is 0 Å². The number of nitrogens with zero attached hydrogens (tertiary/aromatic N) is 1. The van der Waals surface area contributed by atoms with Gasteiger partial charge in [-0.15, -0.1) is 11.8 Å². The van der Waals surface area contributed by atoms with Crippen LogP contribution in [0, 0.1) is 12.8 Å². The highest BCUT2D eigenvalue weighted by Gasteiger charge is 2.33. The average Bonchev–Trinajstić information content (AvgIpc) is 3.30. The van der Waals surface area contributed by atoms with Crippen LogP contribution in [0.1, 0.15) is 12.0 Å². The number of hydrogen-bond acceptors (Lipinski definition) is 5. The van der Waals surface area contributed by atoms with Gasteiger partial charge in [-0.2, -0.15) is 0 Å². The molecule has 0 aromatic heterocycles. The van der Waals surface area contributed by atoms with Crippen LogP contribution in [0.15, 0.2) is 24.3 Å². The summed E-state index contributed by atoms with van der Waals surface area (Å²) in [5.41, 5.74) is 1.15. The van der Waals surface area contributed by atoms with Gasteiger partial charge in [0.2, 0.25) is 5.91 Å². The fraction of sp³-hybridized carbons (Fsp3) is 0.556. The van der Waals surface area contributed by atoms with Crippen molar-refractivity contribution in [1.82, 2.24) is 15.5 Å². The van der Waals surface area contributed by atoms with Gasteiger partial charge in [-0.3, -0.25) is 9.59 Å². The number of aryl methyl sites for hydroxylation is 1. The first-order valence-corrected chi connectivity index (χ1v) is 9.83. The fourth-order valence-electron chi connectivity index (χ4n) is 3.05. The van der Waals surface area contributed by atoms with E-state index in [2.05, 4.69) is 10.6 Å². The molecule has 2 amide bonds. The van der Waals surface area contributed by atoms with Gasteiger partial charge >= 0.3 is 0 Å². The first-order valence-electron chi connectivity index (χ1n) is 8.68. The lowest BCUT2D eigenvalue weighted by Crippen LogP contribution is -2.42. The quantitative estimate of drug-likeness (QED) is 0.789. The molecule has 136 valence electrons. The maximum atomic E-state index is 12.4. The van der Waals surface area contributed by atoms with Gasteiger partial charge in [-0.25, -0.2) is 0 Å². The molecule has 2 fully saturated rings. The number of hydrogen-bond donors (Lipinski definition) is 2. The molecule has 2 aliphatic heterocycles. The second-order valence-corrected chi connectivity index (χ2v) is 7.68. The molecule has 0 aliphatic carbocycles. The lowest BCUT2D eigenvalue weighted by atomic mass is 10.1. The van der Waals surface area contributed by atoms with Crippen LogP contribution in [-0.2, 0) is 9.59 Å². The molecule has 6 nitrogen and oxygen atoms in total. The molecule has 1 aromatic rings. The minimum atomic E-state index is -0.133. The van der Waals surface area contributed by atoms with Crippen molar-refractivity contribution in [2.75, 3.05) is 37.9 Å². The highest BCUT2D eigenvalue weighted by atomic mass is 32.2. The Hall–Kier alpha value is -1.73. The lowest BCUT2D eigenvalue weighted by Gasteiger charge is -2.19. The van der Waals surface area contributed by atoms with Crippen LogP contribution in [-0.4, -0.2) is 60.6 Å². The standard InChI is InChI=1S/C18H25N3O3S/c1-13-2-4-15(5-3-13)24-11-17(22)20-10-14-8-16(19-9-14)18(23)21-6-7-25-12-21/h2-5,14,16,19H,6-12H2,1H3,(H,20,22)/t14-,16-/m0/s1. The number of rotatable bonds is 6. The Balaban J connectivity index is 1.35. The van der Waals surface area contributed by atoms with Crippen molar-refractivity contribution in [1.29, 1.82) is 0 Å². The Labute approximate surface area is 152 Å². The van der Waals surface area contributed by atoms with E-state index >= 15 is 0 Å². The maximum absolute atomic E-state index is 12.4. The summed E-state index contributed by atoms with van der Waals surface area (Å²) in [6, 6.07) is 7.51. The van der Waals surface area contributed by atoms with E-state index in [1.54, 1.807) is 11.8 Å². The van der Waals surface area contributed by atoms with E-state index in [0.29, 0.717) is 12.3 Å². The molecule has 25 heavy (non-hydrogen) atoms. The van der Waals surface area contributed by atoms with Crippen LogP contribution >= 0.6 is 11.8 Å². The first-order chi connectivity index (χ1) is 12.1. The van der Waals surface area contributed by atoms with Crippen molar-refractivity contribution < 1.29 is 14.3 Å². The summed E-state index contributed by atoms with van der Waals surface area (Å²) < 4.78 is 5.47. The molecule has 2 aliphatic rings. The highest BCUT2D eigenvalue weighted by molar-refractivity contribution is 7.99. The van der Waals surface area contributed by atoms with Gasteiger partial charge in [0.05, 0.1) is 11.9 Å². The van der Waals surface area contributed by atoms with E-state index in [-0.39, 0.29) is 30.4 Å². The van der Waals surface area contributed by atoms with E-state index in [1.807, 2.05) is 36.1 Å². The zero-order chi connectivity index (χ0) is 17.6. The lowest BCUT2D eigenvalue weighted by molar-refractivity contribution is -0.131. The Morgan fingerprint density at radius 1 is 1.36 bits per heavy atom. The largest absolute Gasteiger partial charge is 0.484 e. The van der Waals surface area contributed by atoms with Gasteiger partial charge in [0, 0.05) is 25.4 Å². The summed E-state index contributed by atoms with van der Waals surface area (Å²) in [7, 11) is 0. The molecule has 2 atom stereocenters. The molecule has 2 heterocycles. The van der Waals surface area contributed by atoms with Gasteiger partial charge < -0.3 is 20.3 Å². The number of carbonyl (C=O) groups excluding carboxylic acids is 2.